The quantitative estimate of drug-likeness (QED) is 0.841. The van der Waals surface area contributed by atoms with Crippen LogP contribution in [0.2, 0.25) is 0 Å². The minimum atomic E-state index is 0.540. The van der Waals surface area contributed by atoms with E-state index in [1.807, 2.05) is 19.2 Å². The summed E-state index contributed by atoms with van der Waals surface area (Å²) >= 11 is 0. The highest BCUT2D eigenvalue weighted by atomic mass is 15.4. The topological polar surface area (TPSA) is 71.8 Å². The predicted octanol–water partition coefficient (Wildman–Crippen LogP) is 2.03. The number of aromatic nitrogens is 5. The molecule has 7 heteroatoms. The molecule has 0 aromatic carbocycles. The van der Waals surface area contributed by atoms with E-state index in [9.17, 15) is 0 Å². The second-order valence-corrected chi connectivity index (χ2v) is 4.76. The Morgan fingerprint density at radius 1 is 1.14 bits per heavy atom. The van der Waals surface area contributed by atoms with Gasteiger partial charge in [0.05, 0.1) is 5.69 Å². The van der Waals surface area contributed by atoms with Crippen molar-refractivity contribution in [2.24, 2.45) is 0 Å². The third kappa shape index (κ3) is 3.68. The van der Waals surface area contributed by atoms with E-state index in [0.29, 0.717) is 17.8 Å². The van der Waals surface area contributed by atoms with Gasteiger partial charge in [0, 0.05) is 25.8 Å². The maximum atomic E-state index is 4.53. The number of rotatable bonds is 7. The third-order valence-electron chi connectivity index (χ3n) is 3.12. The molecule has 2 aromatic rings. The summed E-state index contributed by atoms with van der Waals surface area (Å²) in [6.07, 6.45) is 2.88. The zero-order chi connectivity index (χ0) is 15.2. The minimum absolute atomic E-state index is 0.540. The average Bonchev–Trinajstić information content (AvgIpc) is 2.93. The molecule has 0 fully saturated rings. The lowest BCUT2D eigenvalue weighted by Crippen LogP contribution is -2.26. The van der Waals surface area contributed by atoms with Crippen molar-refractivity contribution in [3.05, 3.63) is 18.0 Å². The first kappa shape index (κ1) is 15.2. The summed E-state index contributed by atoms with van der Waals surface area (Å²) < 4.78 is 1.68. The molecule has 21 heavy (non-hydrogen) atoms. The van der Waals surface area contributed by atoms with Gasteiger partial charge in [-0.05, 0) is 33.3 Å². The lowest BCUT2D eigenvalue weighted by molar-refractivity contribution is 0.755. The van der Waals surface area contributed by atoms with Crippen LogP contribution in [0.1, 0.15) is 32.9 Å². The molecule has 7 nitrogen and oxygen atoms in total. The Morgan fingerprint density at radius 3 is 2.48 bits per heavy atom. The largest absolute Gasteiger partial charge is 0.354 e. The molecule has 0 bridgehead atoms. The van der Waals surface area contributed by atoms with Gasteiger partial charge in [-0.3, -0.25) is 0 Å². The molecule has 1 N–H and O–H groups in total. The van der Waals surface area contributed by atoms with Gasteiger partial charge in [-0.15, -0.1) is 0 Å². The van der Waals surface area contributed by atoms with Crippen LogP contribution < -0.4 is 10.2 Å². The lowest BCUT2D eigenvalue weighted by atomic mass is 10.5. The number of anilines is 2. The van der Waals surface area contributed by atoms with Crippen LogP contribution >= 0.6 is 0 Å². The molecule has 0 atom stereocenters. The molecule has 0 radical (unpaired) electrons. The summed E-state index contributed by atoms with van der Waals surface area (Å²) in [5, 5.41) is 7.60. The molecule has 0 aliphatic rings. The van der Waals surface area contributed by atoms with E-state index < -0.39 is 0 Å². The van der Waals surface area contributed by atoms with Gasteiger partial charge in [-0.2, -0.15) is 20.1 Å². The highest BCUT2D eigenvalue weighted by molar-refractivity contribution is 5.39. The van der Waals surface area contributed by atoms with Gasteiger partial charge in [0.15, 0.2) is 0 Å². The summed E-state index contributed by atoms with van der Waals surface area (Å²) in [6.45, 7) is 10.8. The van der Waals surface area contributed by atoms with E-state index in [4.69, 9.17) is 0 Å². The summed E-state index contributed by atoms with van der Waals surface area (Å²) in [4.78, 5) is 15.6. The number of hydrogen-bond donors (Lipinski definition) is 1. The molecule has 0 saturated carbocycles. The molecule has 0 spiro atoms. The fraction of sp³-hybridized carbons (Fsp3) is 0.571. The van der Waals surface area contributed by atoms with Crippen LogP contribution in [-0.4, -0.2) is 44.4 Å². The monoisotopic (exact) mass is 289 g/mol. The molecule has 0 saturated heterocycles. The average molecular weight is 289 g/mol. The molecule has 2 rings (SSSR count). The number of hydrogen-bond acceptors (Lipinski definition) is 6. The van der Waals surface area contributed by atoms with Crippen molar-refractivity contribution in [3.8, 4) is 5.95 Å². The van der Waals surface area contributed by atoms with Gasteiger partial charge in [-0.25, -0.2) is 4.68 Å². The SMILES string of the molecule is CCCNc1nc(N(CC)CC)nc(-n2ccc(C)n2)n1. The zero-order valence-corrected chi connectivity index (χ0v) is 13.2. The van der Waals surface area contributed by atoms with Gasteiger partial charge >= 0.3 is 0 Å². The molecule has 0 aliphatic carbocycles. The summed E-state index contributed by atoms with van der Waals surface area (Å²) in [7, 11) is 0. The van der Waals surface area contributed by atoms with Crippen LogP contribution in [0, 0.1) is 6.92 Å². The number of aryl methyl sites for hydroxylation is 1. The first-order chi connectivity index (χ1) is 10.2. The number of nitrogens with zero attached hydrogens (tertiary/aromatic N) is 6. The van der Waals surface area contributed by atoms with Crippen molar-refractivity contribution >= 4 is 11.9 Å². The summed E-state index contributed by atoms with van der Waals surface area (Å²) in [5.74, 6) is 1.81. The Labute approximate surface area is 125 Å². The van der Waals surface area contributed by atoms with Gasteiger partial charge in [0.25, 0.3) is 5.95 Å². The predicted molar refractivity (Wildman–Crippen MR) is 84.0 cm³/mol. The van der Waals surface area contributed by atoms with Crippen LogP contribution in [0.15, 0.2) is 12.3 Å². The maximum absolute atomic E-state index is 4.53. The normalized spacial score (nSPS) is 10.7. The van der Waals surface area contributed by atoms with E-state index in [1.165, 1.54) is 0 Å². The van der Waals surface area contributed by atoms with E-state index in [-0.39, 0.29) is 0 Å². The van der Waals surface area contributed by atoms with E-state index in [0.717, 1.165) is 31.7 Å². The van der Waals surface area contributed by atoms with Crippen LogP contribution in [0.25, 0.3) is 5.95 Å². The fourth-order valence-electron chi connectivity index (χ4n) is 1.95. The molecular weight excluding hydrogens is 266 g/mol. The van der Waals surface area contributed by atoms with Crippen molar-refractivity contribution in [1.29, 1.82) is 0 Å². The molecule has 114 valence electrons. The second kappa shape index (κ2) is 7.01. The van der Waals surface area contributed by atoms with Crippen molar-refractivity contribution in [1.82, 2.24) is 24.7 Å². The van der Waals surface area contributed by atoms with Gasteiger partial charge in [-0.1, -0.05) is 6.92 Å². The molecule has 2 aromatic heterocycles. The summed E-state index contributed by atoms with van der Waals surface area (Å²) in [6, 6.07) is 1.93. The smallest absolute Gasteiger partial charge is 0.257 e. The van der Waals surface area contributed by atoms with Crippen LogP contribution in [0.4, 0.5) is 11.9 Å². The van der Waals surface area contributed by atoms with E-state index in [1.54, 1.807) is 4.68 Å². The van der Waals surface area contributed by atoms with Crippen LogP contribution in [0.5, 0.6) is 0 Å². The number of nitrogens with one attached hydrogen (secondary N) is 1. The van der Waals surface area contributed by atoms with Crippen LogP contribution in [-0.2, 0) is 0 Å². The molecule has 2 heterocycles. The van der Waals surface area contributed by atoms with Crippen LogP contribution in [0.3, 0.4) is 0 Å². The van der Waals surface area contributed by atoms with Crippen molar-refractivity contribution in [2.45, 2.75) is 34.1 Å². The first-order valence-electron chi connectivity index (χ1n) is 7.45. The minimum Gasteiger partial charge on any atom is -0.354 e. The fourth-order valence-corrected chi connectivity index (χ4v) is 1.95. The third-order valence-corrected chi connectivity index (χ3v) is 3.12. The van der Waals surface area contributed by atoms with Crippen molar-refractivity contribution < 1.29 is 0 Å². The lowest BCUT2D eigenvalue weighted by Gasteiger charge is -2.19. The van der Waals surface area contributed by atoms with Gasteiger partial charge in [0.2, 0.25) is 11.9 Å². The van der Waals surface area contributed by atoms with Crippen molar-refractivity contribution in [3.63, 3.8) is 0 Å². The Bertz CT molecular complexity index is 574. The molecule has 0 amide bonds. The van der Waals surface area contributed by atoms with Gasteiger partial charge < -0.3 is 10.2 Å². The molecule has 0 unspecified atom stereocenters. The molecular formula is C14H23N7. The summed E-state index contributed by atoms with van der Waals surface area (Å²) in [5.41, 5.74) is 0.933. The van der Waals surface area contributed by atoms with E-state index >= 15 is 0 Å². The molecule has 0 aliphatic heterocycles. The Morgan fingerprint density at radius 2 is 1.90 bits per heavy atom. The standard InChI is InChI=1S/C14H23N7/c1-5-9-15-12-16-13(20(6-2)7-3)18-14(17-12)21-10-8-11(4)19-21/h8,10H,5-7,9H2,1-4H3,(H,15,16,17,18). The Balaban J connectivity index is 2.41. The van der Waals surface area contributed by atoms with Crippen molar-refractivity contribution in [2.75, 3.05) is 29.9 Å². The Kier molecular flexibility index (Phi) is 5.08. The highest BCUT2D eigenvalue weighted by Crippen LogP contribution is 2.13. The zero-order valence-electron chi connectivity index (χ0n) is 13.2. The Hall–Kier alpha value is -2.18. The van der Waals surface area contributed by atoms with E-state index in [2.05, 4.69) is 51.0 Å². The second-order valence-electron chi connectivity index (χ2n) is 4.76. The first-order valence-corrected chi connectivity index (χ1v) is 7.45. The highest BCUT2D eigenvalue weighted by Gasteiger charge is 2.12. The maximum Gasteiger partial charge on any atom is 0.257 e. The van der Waals surface area contributed by atoms with Gasteiger partial charge in [0.1, 0.15) is 0 Å².